The molecule has 0 aliphatic carbocycles. The van der Waals surface area contributed by atoms with Gasteiger partial charge in [-0.15, -0.1) is 28.3 Å². The number of nitrogens with two attached hydrogens (primary N) is 1. The summed E-state index contributed by atoms with van der Waals surface area (Å²) >= 11 is 7.46. The van der Waals surface area contributed by atoms with Gasteiger partial charge in [0, 0.05) is 18.0 Å². The van der Waals surface area contributed by atoms with E-state index in [9.17, 15) is 8.42 Å². The maximum atomic E-state index is 11.7. The van der Waals surface area contributed by atoms with E-state index in [1.54, 1.807) is 6.07 Å². The number of para-hydroxylation sites is 1. The van der Waals surface area contributed by atoms with Gasteiger partial charge in [-0.3, -0.25) is 0 Å². The second-order valence-electron chi connectivity index (χ2n) is 5.75. The van der Waals surface area contributed by atoms with Crippen LogP contribution in [0.4, 0.5) is 5.69 Å². The minimum atomic E-state index is -3.89. The van der Waals surface area contributed by atoms with Gasteiger partial charge in [-0.05, 0) is 30.2 Å². The van der Waals surface area contributed by atoms with Crippen LogP contribution in [0.25, 0.3) is 11.3 Å². The number of nitrogens with zero attached hydrogens (tertiary/aromatic N) is 2. The molecule has 144 valence electrons. The lowest BCUT2D eigenvalue weighted by molar-refractivity contribution is 0.598. The molecule has 27 heavy (non-hydrogen) atoms. The number of benzene rings is 2. The van der Waals surface area contributed by atoms with Crippen LogP contribution in [0.2, 0.25) is 5.02 Å². The lowest BCUT2D eigenvalue weighted by Crippen LogP contribution is -2.14. The summed E-state index contributed by atoms with van der Waals surface area (Å²) in [5.41, 5.74) is 3.65. The molecule has 0 saturated carbocycles. The number of thiazole rings is 1. The highest BCUT2D eigenvalue weighted by Crippen LogP contribution is 2.28. The fourth-order valence-corrected chi connectivity index (χ4v) is 4.63. The zero-order valence-corrected chi connectivity index (χ0v) is 18.8. The highest BCUT2D eigenvalue weighted by atomic mass is 79.9. The smallest absolute Gasteiger partial charge is 0.239 e. The molecule has 0 unspecified atom stereocenters. The van der Waals surface area contributed by atoms with E-state index in [2.05, 4.69) is 13.0 Å². The van der Waals surface area contributed by atoms with Gasteiger partial charge in [-0.2, -0.15) is 0 Å². The summed E-state index contributed by atoms with van der Waals surface area (Å²) in [4.78, 5) is 5.49. The number of hydrogen-bond donors (Lipinski definition) is 1. The van der Waals surface area contributed by atoms with Crippen LogP contribution in [0.3, 0.4) is 0 Å². The summed E-state index contributed by atoms with van der Waals surface area (Å²) in [5.74, 6) is 0. The maximum Gasteiger partial charge on any atom is 0.239 e. The molecule has 0 spiro atoms. The molecular formula is C18H19BrClN3O2S2. The van der Waals surface area contributed by atoms with Crippen molar-refractivity contribution in [3.8, 4) is 11.3 Å². The summed E-state index contributed by atoms with van der Waals surface area (Å²) in [5, 5.41) is 7.29. The van der Waals surface area contributed by atoms with Crippen molar-refractivity contribution in [1.82, 2.24) is 4.57 Å². The average molecular weight is 489 g/mol. The third-order valence-electron chi connectivity index (χ3n) is 4.05. The highest BCUT2D eigenvalue weighted by molar-refractivity contribution is 8.93. The van der Waals surface area contributed by atoms with Crippen molar-refractivity contribution in [2.24, 2.45) is 17.2 Å². The summed E-state index contributed by atoms with van der Waals surface area (Å²) in [6.45, 7) is 2.09. The Morgan fingerprint density at radius 1 is 1.22 bits per heavy atom. The molecule has 1 aromatic heterocycles. The normalized spacial score (nSPS) is 12.1. The van der Waals surface area contributed by atoms with E-state index < -0.39 is 10.0 Å². The summed E-state index contributed by atoms with van der Waals surface area (Å²) in [6, 6.07) is 12.8. The second kappa shape index (κ2) is 8.70. The number of primary sulfonamides is 1. The van der Waals surface area contributed by atoms with Gasteiger partial charge in [0.25, 0.3) is 0 Å². The van der Waals surface area contributed by atoms with Crippen LogP contribution < -0.4 is 9.94 Å². The van der Waals surface area contributed by atoms with Crippen molar-refractivity contribution >= 4 is 55.6 Å². The average Bonchev–Trinajstić information content (AvgIpc) is 2.95. The van der Waals surface area contributed by atoms with Crippen LogP contribution in [-0.4, -0.2) is 13.0 Å². The molecule has 0 atom stereocenters. The molecule has 0 fully saturated rings. The molecular weight excluding hydrogens is 470 g/mol. The monoisotopic (exact) mass is 487 g/mol. The molecule has 0 aliphatic heterocycles. The van der Waals surface area contributed by atoms with Crippen molar-refractivity contribution in [3.05, 3.63) is 63.2 Å². The topological polar surface area (TPSA) is 77.4 Å². The molecule has 1 heterocycles. The molecule has 0 bridgehead atoms. The van der Waals surface area contributed by atoms with E-state index in [4.69, 9.17) is 21.7 Å². The Hall–Kier alpha value is -1.45. The summed E-state index contributed by atoms with van der Waals surface area (Å²) in [6.07, 6.45) is 0.899. The first-order valence-corrected chi connectivity index (χ1v) is 10.7. The Labute approximate surface area is 178 Å². The largest absolute Gasteiger partial charge is 0.320 e. The summed E-state index contributed by atoms with van der Waals surface area (Å²) in [7, 11) is -2.00. The van der Waals surface area contributed by atoms with Crippen molar-refractivity contribution < 1.29 is 8.42 Å². The Kier molecular flexibility index (Phi) is 7.04. The van der Waals surface area contributed by atoms with Crippen molar-refractivity contribution in [3.63, 3.8) is 0 Å². The lowest BCUT2D eigenvalue weighted by atomic mass is 10.1. The van der Waals surface area contributed by atoms with Crippen molar-refractivity contribution in [2.45, 2.75) is 18.2 Å². The van der Waals surface area contributed by atoms with Crippen LogP contribution >= 0.6 is 39.9 Å². The zero-order valence-electron chi connectivity index (χ0n) is 14.7. The minimum absolute atomic E-state index is 0. The Balaban J connectivity index is 0.00000261. The minimum Gasteiger partial charge on any atom is -0.320 e. The standard InChI is InChI=1S/C18H18ClN3O2S2.BrH/c1-3-12-6-4-5-7-15(12)21-18-22(2)16(11-25-18)13-8-9-14(19)17(10-13)26(20,23)24;/h4-11H,3H2,1-2H3,(H2,20,23,24);1H. The van der Waals surface area contributed by atoms with E-state index in [0.717, 1.165) is 22.6 Å². The molecule has 0 aliphatic rings. The molecule has 9 heteroatoms. The van der Waals surface area contributed by atoms with Gasteiger partial charge in [-0.1, -0.05) is 42.8 Å². The van der Waals surface area contributed by atoms with Crippen LogP contribution in [-0.2, 0) is 23.5 Å². The predicted molar refractivity (Wildman–Crippen MR) is 116 cm³/mol. The maximum absolute atomic E-state index is 11.7. The van der Waals surface area contributed by atoms with E-state index in [1.807, 2.05) is 35.2 Å². The fraction of sp³-hybridized carbons (Fsp3) is 0.167. The zero-order chi connectivity index (χ0) is 18.9. The molecule has 0 saturated heterocycles. The number of sulfonamides is 1. The van der Waals surface area contributed by atoms with E-state index in [0.29, 0.717) is 5.56 Å². The number of aryl methyl sites for hydroxylation is 1. The predicted octanol–water partition coefficient (Wildman–Crippen LogP) is 4.43. The number of aromatic nitrogens is 1. The van der Waals surface area contributed by atoms with Gasteiger partial charge in [0.05, 0.1) is 16.4 Å². The lowest BCUT2D eigenvalue weighted by Gasteiger charge is -2.07. The van der Waals surface area contributed by atoms with Crippen LogP contribution in [0.5, 0.6) is 0 Å². The first-order valence-electron chi connectivity index (χ1n) is 7.91. The van der Waals surface area contributed by atoms with Crippen LogP contribution in [0, 0.1) is 0 Å². The van der Waals surface area contributed by atoms with Gasteiger partial charge in [0.1, 0.15) is 4.90 Å². The molecule has 3 rings (SSSR count). The van der Waals surface area contributed by atoms with Gasteiger partial charge < -0.3 is 4.57 Å². The third-order valence-corrected chi connectivity index (χ3v) is 6.36. The Morgan fingerprint density at radius 2 is 1.93 bits per heavy atom. The third kappa shape index (κ3) is 4.70. The van der Waals surface area contributed by atoms with E-state index in [-0.39, 0.29) is 26.9 Å². The first kappa shape index (κ1) is 21.8. The number of rotatable bonds is 4. The molecule has 0 amide bonds. The van der Waals surface area contributed by atoms with Gasteiger partial charge in [0.15, 0.2) is 4.80 Å². The molecule has 3 aromatic rings. The molecule has 0 radical (unpaired) electrons. The highest BCUT2D eigenvalue weighted by Gasteiger charge is 2.15. The van der Waals surface area contributed by atoms with E-state index in [1.165, 1.54) is 29.0 Å². The second-order valence-corrected chi connectivity index (χ2v) is 8.52. The Morgan fingerprint density at radius 3 is 2.59 bits per heavy atom. The van der Waals surface area contributed by atoms with Crippen LogP contribution in [0.15, 0.2) is 57.7 Å². The molecule has 5 nitrogen and oxygen atoms in total. The molecule has 2 aromatic carbocycles. The SMILES string of the molecule is Br.CCc1ccccc1N=c1scc(-c2ccc(Cl)c(S(N)(=O)=O)c2)n1C. The summed E-state index contributed by atoms with van der Waals surface area (Å²) < 4.78 is 25.3. The number of hydrogen-bond acceptors (Lipinski definition) is 4. The van der Waals surface area contributed by atoms with Crippen molar-refractivity contribution in [1.29, 1.82) is 0 Å². The molecule has 2 N–H and O–H groups in total. The number of halogens is 2. The van der Waals surface area contributed by atoms with Crippen LogP contribution in [0.1, 0.15) is 12.5 Å². The Bertz CT molecular complexity index is 1140. The first-order chi connectivity index (χ1) is 12.3. The van der Waals surface area contributed by atoms with E-state index >= 15 is 0 Å². The quantitative estimate of drug-likeness (QED) is 0.590. The van der Waals surface area contributed by atoms with Gasteiger partial charge in [-0.25, -0.2) is 18.5 Å². The van der Waals surface area contributed by atoms with Gasteiger partial charge in [0.2, 0.25) is 10.0 Å². The fourth-order valence-electron chi connectivity index (χ4n) is 2.64. The van der Waals surface area contributed by atoms with Gasteiger partial charge >= 0.3 is 0 Å². The van der Waals surface area contributed by atoms with Crippen molar-refractivity contribution in [2.75, 3.05) is 0 Å².